The highest BCUT2D eigenvalue weighted by molar-refractivity contribution is 6.32. The van der Waals surface area contributed by atoms with Crippen molar-refractivity contribution in [1.29, 1.82) is 0 Å². The van der Waals surface area contributed by atoms with E-state index in [1.807, 2.05) is 42.6 Å². The quantitative estimate of drug-likeness (QED) is 0.757. The van der Waals surface area contributed by atoms with E-state index < -0.39 is 5.60 Å². The number of aromatic nitrogens is 3. The van der Waals surface area contributed by atoms with Crippen molar-refractivity contribution in [3.8, 4) is 5.75 Å². The SMILES string of the molecule is OC12CCC(c3nnc4c(COc5ccccc5Cl)cccn34)(CC1)C2. The van der Waals surface area contributed by atoms with Gasteiger partial charge in [-0.3, -0.25) is 4.40 Å². The van der Waals surface area contributed by atoms with Crippen LogP contribution in [-0.4, -0.2) is 25.3 Å². The Labute approximate surface area is 156 Å². The smallest absolute Gasteiger partial charge is 0.167 e. The highest BCUT2D eigenvalue weighted by atomic mass is 35.5. The fourth-order valence-corrected chi connectivity index (χ4v) is 4.83. The molecule has 0 aliphatic heterocycles. The second-order valence-corrected chi connectivity index (χ2v) is 8.06. The van der Waals surface area contributed by atoms with Gasteiger partial charge >= 0.3 is 0 Å². The van der Waals surface area contributed by atoms with Gasteiger partial charge in [0.05, 0.1) is 10.6 Å². The molecule has 1 N–H and O–H groups in total. The molecular formula is C20H20ClN3O2. The number of rotatable bonds is 4. The summed E-state index contributed by atoms with van der Waals surface area (Å²) in [6.45, 7) is 0.378. The van der Waals surface area contributed by atoms with Gasteiger partial charge in [-0.05, 0) is 50.3 Å². The second kappa shape index (κ2) is 5.69. The molecule has 3 aromatic rings. The standard InChI is InChI=1S/C20H20ClN3O2/c21-15-5-1-2-6-16(15)26-12-14-4-3-11-24-17(14)22-23-18(24)19-7-9-20(25,13-19)10-8-19/h1-6,11,25H,7-10,12-13H2. The Balaban J connectivity index is 1.48. The molecule has 2 aliphatic rings. The third-order valence-corrected chi connectivity index (χ3v) is 6.33. The van der Waals surface area contributed by atoms with Gasteiger partial charge in [-0.15, -0.1) is 10.2 Å². The van der Waals surface area contributed by atoms with E-state index in [4.69, 9.17) is 16.3 Å². The van der Waals surface area contributed by atoms with Crippen molar-refractivity contribution in [2.75, 3.05) is 0 Å². The van der Waals surface area contributed by atoms with Gasteiger partial charge in [0.15, 0.2) is 5.65 Å². The minimum Gasteiger partial charge on any atom is -0.487 e. The molecule has 2 saturated carbocycles. The van der Waals surface area contributed by atoms with Crippen molar-refractivity contribution in [2.24, 2.45) is 0 Å². The van der Waals surface area contributed by atoms with Crippen LogP contribution in [0.15, 0.2) is 42.6 Å². The molecule has 1 aromatic carbocycles. The fraction of sp³-hybridized carbons (Fsp3) is 0.400. The van der Waals surface area contributed by atoms with Crippen LogP contribution in [-0.2, 0) is 12.0 Å². The van der Waals surface area contributed by atoms with Crippen LogP contribution in [0, 0.1) is 0 Å². The lowest BCUT2D eigenvalue weighted by atomic mass is 9.83. The molecular weight excluding hydrogens is 350 g/mol. The van der Waals surface area contributed by atoms with Gasteiger partial charge in [0.2, 0.25) is 0 Å². The summed E-state index contributed by atoms with van der Waals surface area (Å²) in [6.07, 6.45) is 6.47. The molecule has 134 valence electrons. The highest BCUT2D eigenvalue weighted by Gasteiger charge is 2.56. The van der Waals surface area contributed by atoms with Gasteiger partial charge in [-0.2, -0.15) is 0 Å². The first kappa shape index (κ1) is 16.1. The lowest BCUT2D eigenvalue weighted by Gasteiger charge is -2.24. The first-order valence-corrected chi connectivity index (χ1v) is 9.39. The molecule has 2 fully saturated rings. The zero-order valence-corrected chi connectivity index (χ0v) is 15.1. The summed E-state index contributed by atoms with van der Waals surface area (Å²) >= 11 is 6.17. The van der Waals surface area contributed by atoms with Gasteiger partial charge in [0.1, 0.15) is 18.2 Å². The van der Waals surface area contributed by atoms with Crippen LogP contribution < -0.4 is 4.74 Å². The van der Waals surface area contributed by atoms with Crippen molar-refractivity contribution in [1.82, 2.24) is 14.6 Å². The number of fused-ring (bicyclic) bond motifs is 3. The monoisotopic (exact) mass is 369 g/mol. The van der Waals surface area contributed by atoms with Crippen molar-refractivity contribution in [2.45, 2.75) is 49.7 Å². The minimum absolute atomic E-state index is 0.0453. The van der Waals surface area contributed by atoms with E-state index in [0.717, 1.165) is 49.1 Å². The lowest BCUT2D eigenvalue weighted by Crippen LogP contribution is -2.23. The summed E-state index contributed by atoms with van der Waals surface area (Å²) in [7, 11) is 0. The van der Waals surface area contributed by atoms with Crippen molar-refractivity contribution in [3.05, 3.63) is 59.0 Å². The van der Waals surface area contributed by atoms with Gasteiger partial charge < -0.3 is 9.84 Å². The van der Waals surface area contributed by atoms with E-state index in [1.54, 1.807) is 0 Å². The van der Waals surface area contributed by atoms with Crippen LogP contribution in [0.3, 0.4) is 0 Å². The predicted octanol–water partition coefficient (Wildman–Crippen LogP) is 3.91. The maximum absolute atomic E-state index is 10.6. The zero-order chi connectivity index (χ0) is 17.8. The van der Waals surface area contributed by atoms with Crippen LogP contribution in [0.2, 0.25) is 5.02 Å². The molecule has 2 aliphatic carbocycles. The third kappa shape index (κ3) is 2.42. The van der Waals surface area contributed by atoms with Gasteiger partial charge in [0.25, 0.3) is 0 Å². The number of nitrogens with zero attached hydrogens (tertiary/aromatic N) is 3. The molecule has 2 heterocycles. The highest BCUT2D eigenvalue weighted by Crippen LogP contribution is 2.56. The number of ether oxygens (including phenoxy) is 1. The lowest BCUT2D eigenvalue weighted by molar-refractivity contribution is 0.0521. The molecule has 5 nitrogen and oxygen atoms in total. The Kier molecular flexibility index (Phi) is 3.52. The number of pyridine rings is 1. The minimum atomic E-state index is -0.503. The van der Waals surface area contributed by atoms with E-state index in [1.165, 1.54) is 0 Å². The normalized spacial score (nSPS) is 27.3. The van der Waals surface area contributed by atoms with Gasteiger partial charge in [-0.25, -0.2) is 0 Å². The Bertz CT molecular complexity index is 976. The van der Waals surface area contributed by atoms with Gasteiger partial charge in [0, 0.05) is 17.2 Å². The van der Waals surface area contributed by atoms with E-state index in [-0.39, 0.29) is 5.41 Å². The molecule has 0 spiro atoms. The topological polar surface area (TPSA) is 59.7 Å². The molecule has 2 aromatic heterocycles. The first-order valence-electron chi connectivity index (χ1n) is 9.02. The molecule has 0 atom stereocenters. The van der Waals surface area contributed by atoms with Crippen molar-refractivity contribution < 1.29 is 9.84 Å². The number of hydrogen-bond donors (Lipinski definition) is 1. The predicted molar refractivity (Wildman–Crippen MR) is 98.5 cm³/mol. The molecule has 5 rings (SSSR count). The molecule has 2 bridgehead atoms. The Morgan fingerprint density at radius 2 is 1.88 bits per heavy atom. The first-order chi connectivity index (χ1) is 12.6. The molecule has 6 heteroatoms. The van der Waals surface area contributed by atoms with Crippen LogP contribution in [0.1, 0.15) is 43.5 Å². The maximum Gasteiger partial charge on any atom is 0.167 e. The summed E-state index contributed by atoms with van der Waals surface area (Å²) in [6, 6.07) is 11.4. The number of aliphatic hydroxyl groups is 1. The van der Waals surface area contributed by atoms with Crippen molar-refractivity contribution in [3.63, 3.8) is 0 Å². The summed E-state index contributed by atoms with van der Waals surface area (Å²) in [5.74, 6) is 1.63. The summed E-state index contributed by atoms with van der Waals surface area (Å²) in [5.41, 5.74) is 1.23. The zero-order valence-electron chi connectivity index (χ0n) is 14.4. The Morgan fingerprint density at radius 1 is 1.08 bits per heavy atom. The molecule has 0 radical (unpaired) electrons. The van der Waals surface area contributed by atoms with Crippen LogP contribution in [0.4, 0.5) is 0 Å². The average Bonchev–Trinajstić information content (AvgIpc) is 3.32. The van der Waals surface area contributed by atoms with Gasteiger partial charge in [-0.1, -0.05) is 29.8 Å². The Morgan fingerprint density at radius 3 is 2.62 bits per heavy atom. The van der Waals surface area contributed by atoms with Crippen LogP contribution in [0.25, 0.3) is 5.65 Å². The largest absolute Gasteiger partial charge is 0.487 e. The fourth-order valence-electron chi connectivity index (χ4n) is 4.64. The van der Waals surface area contributed by atoms with E-state index in [2.05, 4.69) is 14.6 Å². The van der Waals surface area contributed by atoms with E-state index in [0.29, 0.717) is 17.4 Å². The molecule has 26 heavy (non-hydrogen) atoms. The number of hydrogen-bond acceptors (Lipinski definition) is 4. The Hall–Kier alpha value is -2.11. The van der Waals surface area contributed by atoms with E-state index >= 15 is 0 Å². The number of halogens is 1. The molecule has 0 saturated heterocycles. The third-order valence-electron chi connectivity index (χ3n) is 6.02. The van der Waals surface area contributed by atoms with Crippen molar-refractivity contribution >= 4 is 17.2 Å². The second-order valence-electron chi connectivity index (χ2n) is 7.65. The molecule has 0 amide bonds. The average molecular weight is 370 g/mol. The summed E-state index contributed by atoms with van der Waals surface area (Å²) in [4.78, 5) is 0. The maximum atomic E-state index is 10.6. The van der Waals surface area contributed by atoms with E-state index in [9.17, 15) is 5.11 Å². The summed E-state index contributed by atoms with van der Waals surface area (Å²) < 4.78 is 7.96. The van der Waals surface area contributed by atoms with Crippen LogP contribution in [0.5, 0.6) is 5.75 Å². The number of benzene rings is 1. The summed E-state index contributed by atoms with van der Waals surface area (Å²) in [5, 5.41) is 20.2. The van der Waals surface area contributed by atoms with Crippen LogP contribution >= 0.6 is 11.6 Å². The number of para-hydroxylation sites is 1. The molecule has 0 unspecified atom stereocenters.